The van der Waals surface area contributed by atoms with Crippen LogP contribution >= 0.6 is 15.6 Å². The van der Waals surface area contributed by atoms with Crippen LogP contribution in [0.5, 0.6) is 0 Å². The molecule has 0 aromatic carbocycles. The van der Waals surface area contributed by atoms with E-state index >= 15 is 0 Å². The SMILES string of the molecule is CCC(=O)NCCCCNC(=O)O[C@H]1[C@@H](O)[C@H](n2cnc3c(=O)[nH]c(N)nc32)O[C@@H]1COP(=O)(O)OP(=O)(O)O. The number of nitrogen functional groups attached to an aromatic ring is 1. The minimum atomic E-state index is -5.43. The van der Waals surface area contributed by atoms with E-state index in [1.165, 1.54) is 0 Å². The Morgan fingerprint density at radius 3 is 2.55 bits per heavy atom. The molecule has 2 aromatic rings. The van der Waals surface area contributed by atoms with Crippen LogP contribution in [0.3, 0.4) is 0 Å². The molecule has 2 amide bonds. The third-order valence-electron chi connectivity index (χ3n) is 5.41. The number of hydrogen-bond donors (Lipinski definition) is 8. The quantitative estimate of drug-likeness (QED) is 0.0950. The number of nitrogens with two attached hydrogens (primary N) is 1. The van der Waals surface area contributed by atoms with Crippen molar-refractivity contribution in [3.8, 4) is 0 Å². The predicted octanol–water partition coefficient (Wildman–Crippen LogP) is -1.41. The standard InChI is InChI=1S/C18H29N7O13P2/c1-2-10(26)20-5-3-4-6-21-18(29)37-13-9(7-35-40(33,34)38-39(30,31)32)36-16(12(13)27)25-8-22-11-14(25)23-17(19)24-15(11)28/h8-9,12-13,16,27H,2-7H2,1H3,(H,20,26)(H,21,29)(H,33,34)(H2,30,31,32)(H3,19,23,24,28)/t9-,12-,13-,16-/m1/s1. The number of fused-ring (bicyclic) bond motifs is 1. The smallest absolute Gasteiger partial charge is 0.440 e. The Morgan fingerprint density at radius 2 is 1.90 bits per heavy atom. The fraction of sp³-hybridized carbons (Fsp3) is 0.611. The summed E-state index contributed by atoms with van der Waals surface area (Å²) in [6.07, 6.45) is -4.75. The average Bonchev–Trinajstić information content (AvgIpc) is 3.39. The number of H-pyrrole nitrogens is 1. The number of aromatic nitrogens is 4. The molecule has 5 atom stereocenters. The van der Waals surface area contributed by atoms with Gasteiger partial charge in [-0.15, -0.1) is 0 Å². The Morgan fingerprint density at radius 1 is 1.23 bits per heavy atom. The number of phosphoric ester groups is 1. The van der Waals surface area contributed by atoms with Crippen LogP contribution in [0.25, 0.3) is 11.2 Å². The highest BCUT2D eigenvalue weighted by Gasteiger charge is 2.49. The summed E-state index contributed by atoms with van der Waals surface area (Å²) in [6, 6.07) is 0. The lowest BCUT2D eigenvalue weighted by Gasteiger charge is -2.21. The normalized spacial score (nSPS) is 22.6. The van der Waals surface area contributed by atoms with Gasteiger partial charge in [-0.05, 0) is 12.8 Å². The maximum Gasteiger partial charge on any atom is 0.481 e. The highest BCUT2D eigenvalue weighted by Crippen LogP contribution is 2.57. The van der Waals surface area contributed by atoms with Gasteiger partial charge in [0.15, 0.2) is 23.5 Å². The maximum atomic E-state index is 12.4. The molecule has 1 aliphatic rings. The van der Waals surface area contributed by atoms with E-state index in [0.29, 0.717) is 25.8 Å². The Balaban J connectivity index is 1.72. The molecular weight excluding hydrogens is 584 g/mol. The molecule has 1 saturated heterocycles. The van der Waals surface area contributed by atoms with Gasteiger partial charge in [0.1, 0.15) is 12.2 Å². The van der Waals surface area contributed by atoms with Gasteiger partial charge in [0.25, 0.3) is 5.56 Å². The van der Waals surface area contributed by atoms with Crippen molar-refractivity contribution in [1.82, 2.24) is 30.2 Å². The number of unbranched alkanes of at least 4 members (excludes halogenated alkanes) is 1. The molecule has 40 heavy (non-hydrogen) atoms. The first-order valence-electron chi connectivity index (χ1n) is 11.7. The van der Waals surface area contributed by atoms with Gasteiger partial charge in [-0.1, -0.05) is 6.92 Å². The third kappa shape index (κ3) is 8.53. The second-order valence-corrected chi connectivity index (χ2v) is 11.2. The highest BCUT2D eigenvalue weighted by molar-refractivity contribution is 7.60. The topological polar surface area (TPSA) is 300 Å². The number of alkyl carbamates (subject to hydrolysis) is 1. The highest BCUT2D eigenvalue weighted by atomic mass is 31.3. The first-order valence-corrected chi connectivity index (χ1v) is 14.7. The Labute approximate surface area is 225 Å². The molecule has 0 radical (unpaired) electrons. The molecule has 0 bridgehead atoms. The number of aliphatic hydroxyl groups is 1. The van der Waals surface area contributed by atoms with Crippen molar-refractivity contribution in [3.63, 3.8) is 0 Å². The van der Waals surface area contributed by atoms with Crippen molar-refractivity contribution in [2.45, 2.75) is 50.7 Å². The number of amides is 2. The molecule has 0 spiro atoms. The Bertz CT molecular complexity index is 1360. The number of phosphoric acid groups is 2. The molecule has 2 aromatic heterocycles. The van der Waals surface area contributed by atoms with Crippen LogP contribution in [0.4, 0.5) is 10.7 Å². The number of imidazole rings is 1. The molecule has 0 saturated carbocycles. The number of nitrogens with zero attached hydrogens (tertiary/aromatic N) is 3. The van der Waals surface area contributed by atoms with E-state index in [2.05, 4.69) is 34.4 Å². The summed E-state index contributed by atoms with van der Waals surface area (Å²) in [6.45, 7) is 1.30. The number of aromatic amines is 1. The number of carbonyl (C=O) groups excluding carboxylic acids is 2. The molecule has 22 heteroatoms. The van der Waals surface area contributed by atoms with Crippen LogP contribution in [-0.4, -0.2) is 89.3 Å². The zero-order valence-electron chi connectivity index (χ0n) is 20.9. The van der Waals surface area contributed by atoms with Gasteiger partial charge in [-0.3, -0.25) is 23.7 Å². The number of anilines is 1. The van der Waals surface area contributed by atoms with Crippen LogP contribution in [0, 0.1) is 0 Å². The van der Waals surface area contributed by atoms with Crippen molar-refractivity contribution in [2.75, 3.05) is 25.4 Å². The average molecular weight is 613 g/mol. The maximum absolute atomic E-state index is 12.4. The predicted molar refractivity (Wildman–Crippen MR) is 132 cm³/mol. The zero-order chi connectivity index (χ0) is 29.7. The molecule has 9 N–H and O–H groups in total. The van der Waals surface area contributed by atoms with Crippen LogP contribution in [0.1, 0.15) is 32.4 Å². The van der Waals surface area contributed by atoms with Crippen molar-refractivity contribution in [3.05, 3.63) is 16.7 Å². The second kappa shape index (κ2) is 13.2. The fourth-order valence-corrected chi connectivity index (χ4v) is 5.24. The largest absolute Gasteiger partial charge is 0.481 e. The summed E-state index contributed by atoms with van der Waals surface area (Å²) in [7, 11) is -10.7. The molecule has 1 unspecified atom stereocenters. The van der Waals surface area contributed by atoms with Crippen molar-refractivity contribution in [1.29, 1.82) is 0 Å². The number of ether oxygens (including phenoxy) is 2. The minimum Gasteiger partial charge on any atom is -0.440 e. The van der Waals surface area contributed by atoms with E-state index in [4.69, 9.17) is 25.0 Å². The van der Waals surface area contributed by atoms with E-state index in [-0.39, 0.29) is 29.6 Å². The van der Waals surface area contributed by atoms with E-state index in [0.717, 1.165) is 10.9 Å². The molecule has 0 aliphatic carbocycles. The fourth-order valence-electron chi connectivity index (χ4n) is 3.64. The van der Waals surface area contributed by atoms with E-state index in [9.17, 15) is 33.5 Å². The lowest BCUT2D eigenvalue weighted by Crippen LogP contribution is -2.41. The number of aliphatic hydroxyl groups excluding tert-OH is 1. The van der Waals surface area contributed by atoms with Gasteiger partial charge >= 0.3 is 21.7 Å². The molecule has 20 nitrogen and oxygen atoms in total. The van der Waals surface area contributed by atoms with Gasteiger partial charge in [-0.25, -0.2) is 18.9 Å². The number of rotatable bonds is 13. The van der Waals surface area contributed by atoms with Gasteiger partial charge < -0.3 is 45.6 Å². The van der Waals surface area contributed by atoms with Crippen LogP contribution in [0.2, 0.25) is 0 Å². The van der Waals surface area contributed by atoms with Crippen molar-refractivity contribution in [2.24, 2.45) is 0 Å². The minimum absolute atomic E-state index is 0.108. The van der Waals surface area contributed by atoms with E-state index < -0.39 is 58.4 Å². The van der Waals surface area contributed by atoms with Crippen LogP contribution in [0.15, 0.2) is 11.1 Å². The van der Waals surface area contributed by atoms with Gasteiger partial charge in [0.2, 0.25) is 11.9 Å². The lowest BCUT2D eigenvalue weighted by molar-refractivity contribution is -0.120. The van der Waals surface area contributed by atoms with Crippen LogP contribution < -0.4 is 21.9 Å². The molecule has 1 fully saturated rings. The number of nitrogens with one attached hydrogen (secondary N) is 3. The molecular formula is C18H29N7O13P2. The van der Waals surface area contributed by atoms with Crippen molar-refractivity contribution < 1.29 is 56.8 Å². The summed E-state index contributed by atoms with van der Waals surface area (Å²) >= 11 is 0. The number of hydrogen-bond acceptors (Lipinski definition) is 13. The third-order valence-corrected chi connectivity index (χ3v) is 7.56. The molecule has 1 aliphatic heterocycles. The second-order valence-electron chi connectivity index (χ2n) is 8.37. The first kappa shape index (κ1) is 31.6. The summed E-state index contributed by atoms with van der Waals surface area (Å²) < 4.78 is 43.2. The molecule has 3 rings (SSSR count). The van der Waals surface area contributed by atoms with Gasteiger partial charge in [-0.2, -0.15) is 9.29 Å². The molecule has 224 valence electrons. The van der Waals surface area contributed by atoms with Crippen LogP contribution in [-0.2, 0) is 32.2 Å². The summed E-state index contributed by atoms with van der Waals surface area (Å²) in [5.41, 5.74) is 4.63. The Kier molecular flexibility index (Phi) is 10.4. The van der Waals surface area contributed by atoms with Crippen molar-refractivity contribution >= 4 is 44.8 Å². The summed E-state index contributed by atoms with van der Waals surface area (Å²) in [4.78, 5) is 73.1. The monoisotopic (exact) mass is 613 g/mol. The summed E-state index contributed by atoms with van der Waals surface area (Å²) in [5, 5.41) is 16.1. The van der Waals surface area contributed by atoms with Gasteiger partial charge in [0, 0.05) is 19.5 Å². The number of carbonyl (C=O) groups is 2. The van der Waals surface area contributed by atoms with E-state index in [1.54, 1.807) is 6.92 Å². The van der Waals surface area contributed by atoms with E-state index in [1.807, 2.05) is 0 Å². The first-order chi connectivity index (χ1) is 18.7. The van der Waals surface area contributed by atoms with Gasteiger partial charge in [0.05, 0.1) is 12.9 Å². The zero-order valence-corrected chi connectivity index (χ0v) is 22.7. The lowest BCUT2D eigenvalue weighted by atomic mass is 10.1. The Hall–Kier alpha value is -2.93. The summed E-state index contributed by atoms with van der Waals surface area (Å²) in [5.74, 6) is -0.388. The molecule has 3 heterocycles.